The second-order valence-corrected chi connectivity index (χ2v) is 3.76. The van der Waals surface area contributed by atoms with E-state index in [1.165, 1.54) is 0 Å². The van der Waals surface area contributed by atoms with E-state index < -0.39 is 0 Å². The number of furan rings is 1. The van der Waals surface area contributed by atoms with E-state index in [9.17, 15) is 0 Å². The molecule has 2 N–H and O–H groups in total. The van der Waals surface area contributed by atoms with Crippen LogP contribution in [0, 0.1) is 6.92 Å². The van der Waals surface area contributed by atoms with Crippen LogP contribution in [0.15, 0.2) is 41.1 Å². The van der Waals surface area contributed by atoms with E-state index in [4.69, 9.17) is 10.2 Å². The highest BCUT2D eigenvalue weighted by molar-refractivity contribution is 5.71. The standard InChI is InChI=1S/C12H11N3O/c1-8-4-5-10-14-11(9-3-2-6-16-9)12(13)15(10)7-8/h2-7H,13H2,1H3. The molecule has 0 unspecified atom stereocenters. The van der Waals surface area contributed by atoms with Crippen LogP contribution < -0.4 is 5.73 Å². The topological polar surface area (TPSA) is 56.5 Å². The van der Waals surface area contributed by atoms with E-state index >= 15 is 0 Å². The Morgan fingerprint density at radius 2 is 2.19 bits per heavy atom. The average molecular weight is 213 g/mol. The van der Waals surface area contributed by atoms with Gasteiger partial charge in [-0.05, 0) is 30.7 Å². The van der Waals surface area contributed by atoms with E-state index in [0.29, 0.717) is 17.3 Å². The monoisotopic (exact) mass is 213 g/mol. The highest BCUT2D eigenvalue weighted by Crippen LogP contribution is 2.26. The maximum Gasteiger partial charge on any atom is 0.156 e. The van der Waals surface area contributed by atoms with Crippen LogP contribution in [0.5, 0.6) is 0 Å². The van der Waals surface area contributed by atoms with Crippen molar-refractivity contribution >= 4 is 11.5 Å². The molecule has 80 valence electrons. The van der Waals surface area contributed by atoms with Gasteiger partial charge in [-0.2, -0.15) is 0 Å². The Morgan fingerprint density at radius 3 is 2.94 bits per heavy atom. The summed E-state index contributed by atoms with van der Waals surface area (Å²) < 4.78 is 7.17. The molecule has 0 radical (unpaired) electrons. The Balaban J connectivity index is 2.32. The van der Waals surface area contributed by atoms with Crippen molar-refractivity contribution in [3.63, 3.8) is 0 Å². The van der Waals surface area contributed by atoms with Crippen molar-refractivity contribution in [2.75, 3.05) is 5.73 Å². The van der Waals surface area contributed by atoms with Crippen LogP contribution in [0.25, 0.3) is 17.1 Å². The van der Waals surface area contributed by atoms with Crippen LogP contribution >= 0.6 is 0 Å². The van der Waals surface area contributed by atoms with Gasteiger partial charge in [0.2, 0.25) is 0 Å². The number of fused-ring (bicyclic) bond motifs is 1. The third kappa shape index (κ3) is 1.20. The molecule has 4 heteroatoms. The molecule has 3 aromatic rings. The molecule has 16 heavy (non-hydrogen) atoms. The first-order chi connectivity index (χ1) is 7.75. The van der Waals surface area contributed by atoms with Crippen LogP contribution in [0.4, 0.5) is 5.82 Å². The fraction of sp³-hybridized carbons (Fsp3) is 0.0833. The molecule has 0 saturated carbocycles. The molecule has 0 bridgehead atoms. The molecule has 4 nitrogen and oxygen atoms in total. The number of nitrogens with zero attached hydrogens (tertiary/aromatic N) is 2. The van der Waals surface area contributed by atoms with Crippen molar-refractivity contribution in [3.05, 3.63) is 42.3 Å². The summed E-state index contributed by atoms with van der Waals surface area (Å²) >= 11 is 0. The third-order valence-electron chi connectivity index (χ3n) is 2.56. The van der Waals surface area contributed by atoms with Gasteiger partial charge in [0.05, 0.1) is 6.26 Å². The number of rotatable bonds is 1. The van der Waals surface area contributed by atoms with Gasteiger partial charge in [0.1, 0.15) is 17.2 Å². The molecule has 0 aliphatic carbocycles. The van der Waals surface area contributed by atoms with Crippen molar-refractivity contribution < 1.29 is 4.42 Å². The van der Waals surface area contributed by atoms with Gasteiger partial charge in [0.15, 0.2) is 5.76 Å². The smallest absolute Gasteiger partial charge is 0.156 e. The number of nitrogen functional groups attached to an aromatic ring is 1. The van der Waals surface area contributed by atoms with Gasteiger partial charge in [0, 0.05) is 6.20 Å². The Hall–Kier alpha value is -2.23. The zero-order valence-electron chi connectivity index (χ0n) is 8.84. The fourth-order valence-corrected chi connectivity index (χ4v) is 1.76. The van der Waals surface area contributed by atoms with E-state index in [0.717, 1.165) is 11.2 Å². The second kappa shape index (κ2) is 3.13. The number of aryl methyl sites for hydroxylation is 1. The maximum atomic E-state index is 6.04. The quantitative estimate of drug-likeness (QED) is 0.675. The molecule has 3 rings (SSSR count). The van der Waals surface area contributed by atoms with E-state index in [2.05, 4.69) is 4.98 Å². The highest BCUT2D eigenvalue weighted by Gasteiger charge is 2.12. The molecule has 3 aromatic heterocycles. The highest BCUT2D eigenvalue weighted by atomic mass is 16.3. The van der Waals surface area contributed by atoms with Crippen molar-refractivity contribution in [2.24, 2.45) is 0 Å². The van der Waals surface area contributed by atoms with Gasteiger partial charge in [-0.3, -0.25) is 4.40 Å². The summed E-state index contributed by atoms with van der Waals surface area (Å²) in [5.74, 6) is 1.30. The Morgan fingerprint density at radius 1 is 1.31 bits per heavy atom. The molecule has 0 spiro atoms. The van der Waals surface area contributed by atoms with Crippen LogP contribution in [-0.4, -0.2) is 9.38 Å². The van der Waals surface area contributed by atoms with Crippen LogP contribution in [0.3, 0.4) is 0 Å². The third-order valence-corrected chi connectivity index (χ3v) is 2.56. The molecular formula is C12H11N3O. The second-order valence-electron chi connectivity index (χ2n) is 3.76. The first-order valence-electron chi connectivity index (χ1n) is 5.04. The SMILES string of the molecule is Cc1ccc2nc(-c3ccco3)c(N)n2c1. The first kappa shape index (κ1) is 9.03. The first-order valence-corrected chi connectivity index (χ1v) is 5.04. The number of aromatic nitrogens is 2. The Labute approximate surface area is 92.3 Å². The van der Waals surface area contributed by atoms with Crippen molar-refractivity contribution in [1.82, 2.24) is 9.38 Å². The number of nitrogens with two attached hydrogens (primary N) is 1. The van der Waals surface area contributed by atoms with E-state index in [-0.39, 0.29) is 0 Å². The van der Waals surface area contributed by atoms with Crippen LogP contribution in [-0.2, 0) is 0 Å². The lowest BCUT2D eigenvalue weighted by molar-refractivity contribution is 0.581. The van der Waals surface area contributed by atoms with E-state index in [1.54, 1.807) is 6.26 Å². The lowest BCUT2D eigenvalue weighted by Crippen LogP contribution is -1.94. The number of pyridine rings is 1. The zero-order valence-corrected chi connectivity index (χ0v) is 8.84. The molecule has 0 amide bonds. The molecule has 0 aliphatic heterocycles. The summed E-state index contributed by atoms with van der Waals surface area (Å²) in [6.07, 6.45) is 3.58. The molecule has 0 atom stereocenters. The average Bonchev–Trinajstić information content (AvgIpc) is 2.87. The number of imidazole rings is 1. The van der Waals surface area contributed by atoms with Crippen molar-refractivity contribution in [3.8, 4) is 11.5 Å². The summed E-state index contributed by atoms with van der Waals surface area (Å²) in [6, 6.07) is 7.63. The summed E-state index contributed by atoms with van der Waals surface area (Å²) in [6.45, 7) is 2.02. The van der Waals surface area contributed by atoms with Crippen molar-refractivity contribution in [2.45, 2.75) is 6.92 Å². The largest absolute Gasteiger partial charge is 0.463 e. The molecule has 0 aromatic carbocycles. The predicted octanol–water partition coefficient (Wildman–Crippen LogP) is 2.48. The maximum absolute atomic E-state index is 6.04. The summed E-state index contributed by atoms with van der Waals surface area (Å²) in [4.78, 5) is 4.44. The molecule has 0 saturated heterocycles. The molecule has 3 heterocycles. The van der Waals surface area contributed by atoms with Crippen LogP contribution in [0.1, 0.15) is 5.56 Å². The summed E-state index contributed by atoms with van der Waals surface area (Å²) in [7, 11) is 0. The minimum absolute atomic E-state index is 0.605. The fourth-order valence-electron chi connectivity index (χ4n) is 1.76. The lowest BCUT2D eigenvalue weighted by atomic mass is 10.3. The van der Waals surface area contributed by atoms with Crippen molar-refractivity contribution in [1.29, 1.82) is 0 Å². The Kier molecular flexibility index (Phi) is 1.77. The summed E-state index contributed by atoms with van der Waals surface area (Å²) in [5.41, 5.74) is 8.70. The zero-order chi connectivity index (χ0) is 11.1. The number of hydrogen-bond donors (Lipinski definition) is 1. The number of anilines is 1. The Bertz CT molecular complexity index is 638. The van der Waals surface area contributed by atoms with Gasteiger partial charge in [-0.25, -0.2) is 4.98 Å². The molecular weight excluding hydrogens is 202 g/mol. The van der Waals surface area contributed by atoms with Gasteiger partial charge in [-0.15, -0.1) is 0 Å². The van der Waals surface area contributed by atoms with Gasteiger partial charge in [-0.1, -0.05) is 6.07 Å². The normalized spacial score (nSPS) is 11.1. The van der Waals surface area contributed by atoms with E-state index in [1.807, 2.05) is 41.8 Å². The van der Waals surface area contributed by atoms with Crippen LogP contribution in [0.2, 0.25) is 0 Å². The van der Waals surface area contributed by atoms with Gasteiger partial charge >= 0.3 is 0 Å². The summed E-state index contributed by atoms with van der Waals surface area (Å²) in [5, 5.41) is 0. The number of hydrogen-bond acceptors (Lipinski definition) is 3. The lowest BCUT2D eigenvalue weighted by Gasteiger charge is -1.97. The minimum atomic E-state index is 0.605. The van der Waals surface area contributed by atoms with Gasteiger partial charge < -0.3 is 10.2 Å². The van der Waals surface area contributed by atoms with Gasteiger partial charge in [0.25, 0.3) is 0 Å². The minimum Gasteiger partial charge on any atom is -0.463 e. The predicted molar refractivity (Wildman–Crippen MR) is 62.0 cm³/mol. The molecule has 0 fully saturated rings. The molecule has 0 aliphatic rings.